The fourth-order valence-corrected chi connectivity index (χ4v) is 5.69. The van der Waals surface area contributed by atoms with Crippen molar-refractivity contribution >= 4 is 0 Å². The van der Waals surface area contributed by atoms with Gasteiger partial charge >= 0.3 is 0 Å². The van der Waals surface area contributed by atoms with E-state index in [0.717, 1.165) is 0 Å². The Morgan fingerprint density at radius 1 is 1.00 bits per heavy atom. The summed E-state index contributed by atoms with van der Waals surface area (Å²) < 4.78 is 23.4. The lowest BCUT2D eigenvalue weighted by Gasteiger charge is -2.49. The number of likely N-dealkylation sites (N-methyl/N-ethyl adjacent to an activating group) is 1. The minimum Gasteiger partial charge on any atom is -0.396 e. The monoisotopic (exact) mass is 613 g/mol. The molecular formula is C25H51N5O12. The number of rotatable bonds is 14. The molecule has 17 nitrogen and oxygen atoms in total. The molecule has 0 amide bonds. The van der Waals surface area contributed by atoms with Crippen molar-refractivity contribution in [3.8, 4) is 0 Å². The second kappa shape index (κ2) is 16.1. The second-order valence-corrected chi connectivity index (χ2v) is 11.6. The molecule has 1 saturated carbocycles. The minimum absolute atomic E-state index is 0.0178. The number of hydrogen-bond donors (Lipinski definition) is 13. The Bertz CT molecular complexity index is 805. The topological polar surface area (TPSA) is 287 Å². The normalized spacial score (nSPS) is 45.6. The third-order valence-electron chi connectivity index (χ3n) is 8.16. The summed E-state index contributed by atoms with van der Waals surface area (Å²) in [5.74, 6) is 0. The molecule has 2 saturated heterocycles. The van der Waals surface area contributed by atoms with E-state index in [4.69, 9.17) is 35.5 Å². The summed E-state index contributed by atoms with van der Waals surface area (Å²) in [5, 5.41) is 92.4. The number of nitrogens with two attached hydrogens (primary N) is 2. The van der Waals surface area contributed by atoms with Crippen molar-refractivity contribution in [3.05, 3.63) is 0 Å². The zero-order valence-electron chi connectivity index (χ0n) is 24.1. The Kier molecular flexibility index (Phi) is 13.7. The summed E-state index contributed by atoms with van der Waals surface area (Å²) in [6.07, 6.45) is -13.9. The first-order chi connectivity index (χ1) is 19.9. The molecule has 0 aromatic rings. The van der Waals surface area contributed by atoms with Gasteiger partial charge in [0.2, 0.25) is 0 Å². The van der Waals surface area contributed by atoms with Crippen LogP contribution in [0.2, 0.25) is 0 Å². The molecule has 2 heterocycles. The van der Waals surface area contributed by atoms with Crippen molar-refractivity contribution in [2.24, 2.45) is 11.5 Å². The first-order valence-electron chi connectivity index (χ1n) is 14.4. The van der Waals surface area contributed by atoms with Gasteiger partial charge in [-0.15, -0.1) is 0 Å². The van der Waals surface area contributed by atoms with Gasteiger partial charge < -0.3 is 87.2 Å². The van der Waals surface area contributed by atoms with Crippen LogP contribution in [-0.2, 0) is 18.9 Å². The molecule has 0 spiro atoms. The number of hydrogen-bond acceptors (Lipinski definition) is 17. The van der Waals surface area contributed by atoms with Gasteiger partial charge in [0.25, 0.3) is 0 Å². The number of aliphatic hydroxyl groups is 8. The minimum atomic E-state index is -1.68. The highest BCUT2D eigenvalue weighted by atomic mass is 16.7. The molecule has 0 bridgehead atoms. The molecule has 17 heteroatoms. The fourth-order valence-electron chi connectivity index (χ4n) is 5.69. The maximum atomic E-state index is 11.5. The van der Waals surface area contributed by atoms with Gasteiger partial charge in [0.1, 0.15) is 54.4 Å². The van der Waals surface area contributed by atoms with Crippen LogP contribution in [0.5, 0.6) is 0 Å². The molecule has 1 aliphatic carbocycles. The van der Waals surface area contributed by atoms with Gasteiger partial charge in [0.05, 0.1) is 18.8 Å². The molecular weight excluding hydrogens is 562 g/mol. The largest absolute Gasteiger partial charge is 0.396 e. The molecule has 3 aliphatic rings. The zero-order valence-corrected chi connectivity index (χ0v) is 24.1. The lowest BCUT2D eigenvalue weighted by Crippen LogP contribution is -2.69. The average Bonchev–Trinajstić information content (AvgIpc) is 2.95. The van der Waals surface area contributed by atoms with Crippen LogP contribution in [0.3, 0.4) is 0 Å². The molecule has 42 heavy (non-hydrogen) atoms. The van der Waals surface area contributed by atoms with Gasteiger partial charge in [-0.3, -0.25) is 0 Å². The van der Waals surface area contributed by atoms with Gasteiger partial charge in [0, 0.05) is 38.3 Å². The van der Waals surface area contributed by atoms with E-state index < -0.39 is 91.2 Å². The molecule has 3 fully saturated rings. The predicted molar refractivity (Wildman–Crippen MR) is 146 cm³/mol. The van der Waals surface area contributed by atoms with Crippen LogP contribution in [0, 0.1) is 0 Å². The first-order valence-corrected chi connectivity index (χ1v) is 14.4. The summed E-state index contributed by atoms with van der Waals surface area (Å²) in [5.41, 5.74) is 10.5. The lowest BCUT2D eigenvalue weighted by molar-refractivity contribution is -0.331. The van der Waals surface area contributed by atoms with Crippen LogP contribution in [0.25, 0.3) is 0 Å². The number of ether oxygens (including phenoxy) is 4. The first kappa shape index (κ1) is 35.8. The zero-order chi connectivity index (χ0) is 31.2. The molecule has 3 rings (SSSR count). The SMILES string of the molecule is CNC1C(O)C(OC2C(NCC(O)CN)CC(N)C(OC3OC(CNCCCO)C(O)C(O)C3O)C2O)OCC1(C)O. The molecule has 15 atom stereocenters. The van der Waals surface area contributed by atoms with Crippen molar-refractivity contribution < 1.29 is 59.8 Å². The van der Waals surface area contributed by atoms with E-state index in [0.29, 0.717) is 13.0 Å². The third kappa shape index (κ3) is 8.52. The molecule has 248 valence electrons. The Balaban J connectivity index is 1.77. The Morgan fingerprint density at radius 2 is 1.69 bits per heavy atom. The van der Waals surface area contributed by atoms with E-state index in [1.807, 2.05) is 0 Å². The number of aliphatic hydroxyl groups excluding tert-OH is 7. The molecule has 0 aromatic carbocycles. The molecule has 15 unspecified atom stereocenters. The lowest BCUT2D eigenvalue weighted by atomic mass is 9.83. The van der Waals surface area contributed by atoms with Crippen molar-refractivity contribution in [3.63, 3.8) is 0 Å². The average molecular weight is 614 g/mol. The highest BCUT2D eigenvalue weighted by molar-refractivity contribution is 5.03. The van der Waals surface area contributed by atoms with Crippen LogP contribution in [-0.4, -0.2) is 179 Å². The van der Waals surface area contributed by atoms with E-state index in [1.165, 1.54) is 6.92 Å². The van der Waals surface area contributed by atoms with Gasteiger partial charge in [-0.1, -0.05) is 0 Å². The van der Waals surface area contributed by atoms with Gasteiger partial charge in [0.15, 0.2) is 12.6 Å². The van der Waals surface area contributed by atoms with E-state index in [-0.39, 0.29) is 39.3 Å². The van der Waals surface area contributed by atoms with Crippen LogP contribution < -0.4 is 27.4 Å². The third-order valence-corrected chi connectivity index (χ3v) is 8.16. The molecule has 15 N–H and O–H groups in total. The summed E-state index contributed by atoms with van der Waals surface area (Å²) in [6.45, 7) is 1.82. The maximum Gasteiger partial charge on any atom is 0.187 e. The molecule has 0 aromatic heterocycles. The molecule has 2 aliphatic heterocycles. The Hall–Kier alpha value is -0.680. The van der Waals surface area contributed by atoms with Gasteiger partial charge in [-0.25, -0.2) is 0 Å². The Morgan fingerprint density at radius 3 is 2.33 bits per heavy atom. The van der Waals surface area contributed by atoms with Crippen LogP contribution in [0.4, 0.5) is 0 Å². The van der Waals surface area contributed by atoms with Crippen molar-refractivity contribution in [2.75, 3.05) is 46.4 Å². The highest BCUT2D eigenvalue weighted by Crippen LogP contribution is 2.32. The fraction of sp³-hybridized carbons (Fsp3) is 1.00. The smallest absolute Gasteiger partial charge is 0.187 e. The van der Waals surface area contributed by atoms with E-state index in [9.17, 15) is 35.7 Å². The van der Waals surface area contributed by atoms with E-state index in [2.05, 4.69) is 16.0 Å². The standard InChI is InChI=1S/C25H51N5O12/c1-25(38)10-39-23(19(37)22(25)28-2)42-21-13(30-8-11(32)7-26)6-12(27)20(18(21)36)41-24-17(35)16(34)15(33)14(40-24)9-29-4-3-5-31/h11-24,28-38H,3-10,26-27H2,1-2H3. The predicted octanol–water partition coefficient (Wildman–Crippen LogP) is -7.04. The van der Waals surface area contributed by atoms with E-state index >= 15 is 0 Å². The maximum absolute atomic E-state index is 11.5. The summed E-state index contributed by atoms with van der Waals surface area (Å²) in [6, 6.07) is -2.34. The van der Waals surface area contributed by atoms with Crippen LogP contribution >= 0.6 is 0 Å². The summed E-state index contributed by atoms with van der Waals surface area (Å²) >= 11 is 0. The van der Waals surface area contributed by atoms with Crippen molar-refractivity contribution in [2.45, 2.75) is 111 Å². The van der Waals surface area contributed by atoms with Crippen molar-refractivity contribution in [1.29, 1.82) is 0 Å². The second-order valence-electron chi connectivity index (χ2n) is 11.6. The number of nitrogens with one attached hydrogen (secondary N) is 3. The van der Waals surface area contributed by atoms with Crippen molar-refractivity contribution in [1.82, 2.24) is 16.0 Å². The van der Waals surface area contributed by atoms with Gasteiger partial charge in [-0.2, -0.15) is 0 Å². The summed E-state index contributed by atoms with van der Waals surface area (Å²) in [7, 11) is 1.57. The Labute approximate surface area is 245 Å². The van der Waals surface area contributed by atoms with Crippen LogP contribution in [0.15, 0.2) is 0 Å². The van der Waals surface area contributed by atoms with E-state index in [1.54, 1.807) is 7.05 Å². The summed E-state index contributed by atoms with van der Waals surface area (Å²) in [4.78, 5) is 0. The highest BCUT2D eigenvalue weighted by Gasteiger charge is 2.52. The van der Waals surface area contributed by atoms with Crippen LogP contribution in [0.1, 0.15) is 19.8 Å². The quantitative estimate of drug-likeness (QED) is 0.0810. The van der Waals surface area contributed by atoms with Gasteiger partial charge in [-0.05, 0) is 33.4 Å². The molecule has 0 radical (unpaired) electrons.